The summed E-state index contributed by atoms with van der Waals surface area (Å²) in [6.45, 7) is 6.76. The van der Waals surface area contributed by atoms with E-state index in [1.807, 2.05) is 7.05 Å². The predicted octanol–water partition coefficient (Wildman–Crippen LogP) is 3.56. The summed E-state index contributed by atoms with van der Waals surface area (Å²) in [5.74, 6) is 0.663. The van der Waals surface area contributed by atoms with E-state index >= 15 is 0 Å². The van der Waals surface area contributed by atoms with Gasteiger partial charge in [-0.1, -0.05) is 32.4 Å². The van der Waals surface area contributed by atoms with Crippen LogP contribution < -0.4 is 5.32 Å². The summed E-state index contributed by atoms with van der Waals surface area (Å²) in [6, 6.07) is 8.86. The molecule has 1 aromatic rings. The zero-order valence-electron chi connectivity index (χ0n) is 11.7. The van der Waals surface area contributed by atoms with Crippen LogP contribution in [-0.4, -0.2) is 32.1 Å². The van der Waals surface area contributed by atoms with E-state index in [1.54, 1.807) is 0 Å². The first kappa shape index (κ1) is 14.0. The summed E-state index contributed by atoms with van der Waals surface area (Å²) in [5.41, 5.74) is 2.65. The summed E-state index contributed by atoms with van der Waals surface area (Å²) in [6.07, 6.45) is 2.51. The highest BCUT2D eigenvalue weighted by atomic mass is 15.1. The lowest BCUT2D eigenvalue weighted by Crippen LogP contribution is -2.24. The summed E-state index contributed by atoms with van der Waals surface area (Å²) in [5, 5.41) is 3.17. The van der Waals surface area contributed by atoms with Crippen LogP contribution in [0.1, 0.15) is 38.2 Å². The number of benzene rings is 1. The zero-order chi connectivity index (χ0) is 12.7. The van der Waals surface area contributed by atoms with Crippen molar-refractivity contribution >= 4 is 5.69 Å². The van der Waals surface area contributed by atoms with Gasteiger partial charge in [-0.25, -0.2) is 0 Å². The number of nitrogens with one attached hydrogen (secondary N) is 1. The molecule has 0 fully saturated rings. The SMILES string of the molecule is CCCC(CN(C)CC)c1ccc(NC)cc1. The molecule has 1 N–H and O–H groups in total. The molecule has 1 rings (SSSR count). The number of hydrogen-bond acceptors (Lipinski definition) is 2. The third-order valence-corrected chi connectivity index (χ3v) is 3.38. The first-order valence-corrected chi connectivity index (χ1v) is 6.67. The van der Waals surface area contributed by atoms with Crippen molar-refractivity contribution in [3.8, 4) is 0 Å². The fourth-order valence-electron chi connectivity index (χ4n) is 2.14. The van der Waals surface area contributed by atoms with Crippen molar-refractivity contribution in [2.45, 2.75) is 32.6 Å². The molecule has 2 nitrogen and oxygen atoms in total. The fourth-order valence-corrected chi connectivity index (χ4v) is 2.14. The van der Waals surface area contributed by atoms with E-state index in [-0.39, 0.29) is 0 Å². The molecular weight excluding hydrogens is 208 g/mol. The molecule has 1 unspecified atom stereocenters. The predicted molar refractivity (Wildman–Crippen MR) is 76.8 cm³/mol. The lowest BCUT2D eigenvalue weighted by molar-refractivity contribution is 0.318. The maximum absolute atomic E-state index is 3.17. The molecule has 2 heteroatoms. The maximum atomic E-state index is 3.17. The molecule has 0 saturated heterocycles. The summed E-state index contributed by atoms with van der Waals surface area (Å²) in [4.78, 5) is 2.40. The van der Waals surface area contributed by atoms with E-state index in [0.29, 0.717) is 5.92 Å². The van der Waals surface area contributed by atoms with Crippen LogP contribution in [0.5, 0.6) is 0 Å². The van der Waals surface area contributed by atoms with Crippen molar-refractivity contribution in [2.24, 2.45) is 0 Å². The van der Waals surface area contributed by atoms with Gasteiger partial charge in [0.2, 0.25) is 0 Å². The number of hydrogen-bond donors (Lipinski definition) is 1. The highest BCUT2D eigenvalue weighted by molar-refractivity contribution is 5.44. The molecule has 1 aromatic carbocycles. The van der Waals surface area contributed by atoms with Crippen LogP contribution in [0.2, 0.25) is 0 Å². The maximum Gasteiger partial charge on any atom is 0.0337 e. The molecule has 1 atom stereocenters. The Balaban J connectivity index is 2.73. The van der Waals surface area contributed by atoms with Gasteiger partial charge in [0.1, 0.15) is 0 Å². The number of likely N-dealkylation sites (N-methyl/N-ethyl adjacent to an activating group) is 1. The Bertz CT molecular complexity index is 305. The molecule has 0 aliphatic rings. The van der Waals surface area contributed by atoms with Crippen molar-refractivity contribution in [3.63, 3.8) is 0 Å². The minimum Gasteiger partial charge on any atom is -0.388 e. The molecule has 0 heterocycles. The lowest BCUT2D eigenvalue weighted by Gasteiger charge is -2.23. The molecule has 0 radical (unpaired) electrons. The van der Waals surface area contributed by atoms with Gasteiger partial charge in [0.15, 0.2) is 0 Å². The average molecular weight is 234 g/mol. The third kappa shape index (κ3) is 4.39. The largest absolute Gasteiger partial charge is 0.388 e. The Morgan fingerprint density at radius 2 is 1.82 bits per heavy atom. The van der Waals surface area contributed by atoms with E-state index in [0.717, 1.165) is 13.1 Å². The number of nitrogens with zero attached hydrogens (tertiary/aromatic N) is 1. The molecule has 0 saturated carbocycles. The minimum atomic E-state index is 0.663. The topological polar surface area (TPSA) is 15.3 Å². The van der Waals surface area contributed by atoms with Gasteiger partial charge in [0.05, 0.1) is 0 Å². The first-order valence-electron chi connectivity index (χ1n) is 6.67. The van der Waals surface area contributed by atoms with Crippen LogP contribution in [0.15, 0.2) is 24.3 Å². The van der Waals surface area contributed by atoms with Crippen LogP contribution in [0.4, 0.5) is 5.69 Å². The van der Waals surface area contributed by atoms with Gasteiger partial charge in [-0.3, -0.25) is 0 Å². The molecule has 0 bridgehead atoms. The molecule has 0 aromatic heterocycles. The second kappa shape index (κ2) is 7.33. The Kier molecular flexibility index (Phi) is 6.06. The first-order chi connectivity index (χ1) is 8.21. The standard InChI is InChI=1S/C15H26N2/c1-5-7-14(12-17(4)6-2)13-8-10-15(16-3)11-9-13/h8-11,14,16H,5-7,12H2,1-4H3. The van der Waals surface area contributed by atoms with Gasteiger partial charge in [-0.05, 0) is 43.6 Å². The van der Waals surface area contributed by atoms with E-state index in [2.05, 4.69) is 55.4 Å². The second-order valence-corrected chi connectivity index (χ2v) is 4.71. The van der Waals surface area contributed by atoms with Crippen LogP contribution in [-0.2, 0) is 0 Å². The molecule has 0 spiro atoms. The Morgan fingerprint density at radius 1 is 1.18 bits per heavy atom. The van der Waals surface area contributed by atoms with Crippen LogP contribution in [0, 0.1) is 0 Å². The molecule has 96 valence electrons. The zero-order valence-corrected chi connectivity index (χ0v) is 11.7. The summed E-state index contributed by atoms with van der Waals surface area (Å²) < 4.78 is 0. The molecular formula is C15H26N2. The van der Waals surface area contributed by atoms with Gasteiger partial charge < -0.3 is 10.2 Å². The molecule has 0 aliphatic heterocycles. The van der Waals surface area contributed by atoms with Crippen molar-refractivity contribution in [1.29, 1.82) is 0 Å². The van der Waals surface area contributed by atoms with Gasteiger partial charge in [0, 0.05) is 19.3 Å². The normalized spacial score (nSPS) is 12.8. The molecule has 0 amide bonds. The van der Waals surface area contributed by atoms with Crippen molar-refractivity contribution < 1.29 is 0 Å². The quantitative estimate of drug-likeness (QED) is 0.776. The van der Waals surface area contributed by atoms with E-state index in [9.17, 15) is 0 Å². The Morgan fingerprint density at radius 3 is 2.29 bits per heavy atom. The van der Waals surface area contributed by atoms with Gasteiger partial charge >= 0.3 is 0 Å². The summed E-state index contributed by atoms with van der Waals surface area (Å²) in [7, 11) is 4.16. The minimum absolute atomic E-state index is 0.663. The van der Waals surface area contributed by atoms with Crippen LogP contribution in [0.25, 0.3) is 0 Å². The van der Waals surface area contributed by atoms with E-state index in [4.69, 9.17) is 0 Å². The smallest absolute Gasteiger partial charge is 0.0337 e. The van der Waals surface area contributed by atoms with Crippen LogP contribution in [0.3, 0.4) is 0 Å². The molecule has 0 aliphatic carbocycles. The fraction of sp³-hybridized carbons (Fsp3) is 0.600. The van der Waals surface area contributed by atoms with Gasteiger partial charge in [-0.2, -0.15) is 0 Å². The second-order valence-electron chi connectivity index (χ2n) is 4.71. The van der Waals surface area contributed by atoms with Crippen LogP contribution >= 0.6 is 0 Å². The number of rotatable bonds is 7. The number of anilines is 1. The Hall–Kier alpha value is -1.02. The monoisotopic (exact) mass is 234 g/mol. The van der Waals surface area contributed by atoms with Crippen molar-refractivity contribution in [1.82, 2.24) is 4.90 Å². The van der Waals surface area contributed by atoms with Crippen molar-refractivity contribution in [2.75, 3.05) is 32.5 Å². The van der Waals surface area contributed by atoms with E-state index < -0.39 is 0 Å². The highest BCUT2D eigenvalue weighted by Gasteiger charge is 2.12. The third-order valence-electron chi connectivity index (χ3n) is 3.38. The average Bonchev–Trinajstić information content (AvgIpc) is 2.38. The lowest BCUT2D eigenvalue weighted by atomic mass is 9.94. The van der Waals surface area contributed by atoms with Gasteiger partial charge in [0.25, 0.3) is 0 Å². The Labute approximate surface area is 106 Å². The van der Waals surface area contributed by atoms with E-state index in [1.165, 1.54) is 24.1 Å². The van der Waals surface area contributed by atoms with Crippen molar-refractivity contribution in [3.05, 3.63) is 29.8 Å². The summed E-state index contributed by atoms with van der Waals surface area (Å²) >= 11 is 0. The van der Waals surface area contributed by atoms with Gasteiger partial charge in [-0.15, -0.1) is 0 Å². The highest BCUT2D eigenvalue weighted by Crippen LogP contribution is 2.23. The molecule has 17 heavy (non-hydrogen) atoms.